The van der Waals surface area contributed by atoms with Crippen molar-refractivity contribution in [1.29, 1.82) is 0 Å². The van der Waals surface area contributed by atoms with Crippen LogP contribution in [0.1, 0.15) is 39.5 Å². The lowest BCUT2D eigenvalue weighted by Crippen LogP contribution is -2.51. The number of amides is 1. The number of hydrogen-bond donors (Lipinski definition) is 3. The van der Waals surface area contributed by atoms with Gasteiger partial charge in [0, 0.05) is 55.7 Å². The van der Waals surface area contributed by atoms with E-state index in [1.165, 1.54) is 0 Å². The zero-order chi connectivity index (χ0) is 21.1. The van der Waals surface area contributed by atoms with E-state index in [0.717, 1.165) is 16.6 Å². The summed E-state index contributed by atoms with van der Waals surface area (Å²) in [6, 6.07) is 3.83. The summed E-state index contributed by atoms with van der Waals surface area (Å²) in [6.07, 6.45) is 6.38. The highest BCUT2D eigenvalue weighted by Crippen LogP contribution is 2.30. The lowest BCUT2D eigenvalue weighted by atomic mass is 9.85. The van der Waals surface area contributed by atoms with Crippen LogP contribution in [0.3, 0.4) is 0 Å². The summed E-state index contributed by atoms with van der Waals surface area (Å²) in [5.74, 6) is -1.16. The number of carbonyl (C=O) groups is 2. The van der Waals surface area contributed by atoms with Crippen LogP contribution in [0.2, 0.25) is 0 Å². The summed E-state index contributed by atoms with van der Waals surface area (Å²) in [6.45, 7) is 4.99. The largest absolute Gasteiger partial charge is 0.481 e. The molecule has 1 aliphatic rings. The summed E-state index contributed by atoms with van der Waals surface area (Å²) in [7, 11) is 0. The second-order valence-electron chi connectivity index (χ2n) is 8.62. The van der Waals surface area contributed by atoms with Crippen molar-refractivity contribution in [3.63, 3.8) is 0 Å². The van der Waals surface area contributed by atoms with Crippen molar-refractivity contribution in [3.8, 4) is 0 Å². The van der Waals surface area contributed by atoms with Gasteiger partial charge in [-0.15, -0.1) is 0 Å². The van der Waals surface area contributed by atoms with E-state index < -0.39 is 17.0 Å². The highest BCUT2D eigenvalue weighted by molar-refractivity contribution is 5.90. The molecule has 0 unspecified atom stereocenters. The molecule has 0 saturated carbocycles. The predicted octanol–water partition coefficient (Wildman–Crippen LogP) is 1.97. The number of hydrogen-bond acceptors (Lipinski definition) is 6. The number of aliphatic carboxylic acids is 1. The molecule has 0 aliphatic carbocycles. The first-order valence-electron chi connectivity index (χ1n) is 9.82. The molecule has 2 aromatic heterocycles. The van der Waals surface area contributed by atoms with Crippen molar-refractivity contribution in [2.75, 3.05) is 24.5 Å². The molecule has 3 heterocycles. The van der Waals surface area contributed by atoms with Crippen molar-refractivity contribution in [2.45, 2.75) is 45.1 Å². The van der Waals surface area contributed by atoms with Crippen LogP contribution in [-0.4, -0.2) is 57.3 Å². The highest BCUT2D eigenvalue weighted by atomic mass is 16.4. The first-order chi connectivity index (χ1) is 13.7. The van der Waals surface area contributed by atoms with Crippen molar-refractivity contribution in [3.05, 3.63) is 30.7 Å². The number of carbonyl (C=O) groups excluding carboxylic acids is 1. The minimum Gasteiger partial charge on any atom is -0.481 e. The Morgan fingerprint density at radius 2 is 1.93 bits per heavy atom. The Hall–Kier alpha value is -2.74. The molecule has 3 N–H and O–H groups in total. The van der Waals surface area contributed by atoms with Crippen LogP contribution in [0, 0.1) is 5.41 Å². The maximum atomic E-state index is 12.2. The molecule has 2 aromatic rings. The first-order valence-corrected chi connectivity index (χ1v) is 9.82. The lowest BCUT2D eigenvalue weighted by molar-refractivity contribution is -0.139. The van der Waals surface area contributed by atoms with Crippen LogP contribution >= 0.6 is 0 Å². The molecule has 156 valence electrons. The van der Waals surface area contributed by atoms with Gasteiger partial charge in [-0.25, -0.2) is 0 Å². The Kier molecular flexibility index (Phi) is 6.02. The number of anilines is 1. The molecule has 29 heavy (non-hydrogen) atoms. The Morgan fingerprint density at radius 1 is 1.21 bits per heavy atom. The van der Waals surface area contributed by atoms with E-state index in [9.17, 15) is 14.7 Å². The summed E-state index contributed by atoms with van der Waals surface area (Å²) >= 11 is 0. The number of rotatable bonds is 7. The van der Waals surface area contributed by atoms with Gasteiger partial charge in [0.15, 0.2) is 0 Å². The fourth-order valence-corrected chi connectivity index (χ4v) is 3.82. The monoisotopic (exact) mass is 400 g/mol. The van der Waals surface area contributed by atoms with E-state index in [4.69, 9.17) is 5.11 Å². The molecule has 3 rings (SSSR count). The summed E-state index contributed by atoms with van der Waals surface area (Å²) in [4.78, 5) is 33.9. The van der Waals surface area contributed by atoms with Crippen molar-refractivity contribution >= 4 is 28.5 Å². The minimum atomic E-state index is -0.968. The normalized spacial score (nSPS) is 16.6. The molecule has 0 radical (unpaired) electrons. The lowest BCUT2D eigenvalue weighted by Gasteiger charge is -2.39. The van der Waals surface area contributed by atoms with E-state index in [2.05, 4.69) is 20.2 Å². The van der Waals surface area contributed by atoms with Gasteiger partial charge in [0.2, 0.25) is 5.91 Å². The topological polar surface area (TPSA) is 116 Å². The molecule has 1 amide bonds. The molecule has 8 heteroatoms. The molecule has 0 bridgehead atoms. The third kappa shape index (κ3) is 5.41. The molecule has 0 atom stereocenters. The number of aliphatic hydroxyl groups is 1. The van der Waals surface area contributed by atoms with Crippen LogP contribution in [-0.2, 0) is 9.59 Å². The number of pyridine rings is 2. The van der Waals surface area contributed by atoms with E-state index >= 15 is 0 Å². The number of fused-ring (bicyclic) bond motifs is 1. The Morgan fingerprint density at radius 3 is 2.62 bits per heavy atom. The maximum Gasteiger partial charge on any atom is 0.303 e. The Balaban J connectivity index is 1.55. The third-order valence-corrected chi connectivity index (χ3v) is 5.44. The van der Waals surface area contributed by atoms with E-state index in [0.29, 0.717) is 25.9 Å². The van der Waals surface area contributed by atoms with E-state index in [-0.39, 0.29) is 25.3 Å². The average molecular weight is 400 g/mol. The smallest absolute Gasteiger partial charge is 0.303 e. The molecule has 8 nitrogen and oxygen atoms in total. The fourth-order valence-electron chi connectivity index (χ4n) is 3.82. The Labute approximate surface area is 170 Å². The summed E-state index contributed by atoms with van der Waals surface area (Å²) < 4.78 is 0. The highest BCUT2D eigenvalue weighted by Gasteiger charge is 2.34. The fraction of sp³-hybridized carbons (Fsp3) is 0.524. The van der Waals surface area contributed by atoms with Crippen molar-refractivity contribution in [1.82, 2.24) is 15.3 Å². The number of piperidine rings is 1. The van der Waals surface area contributed by atoms with Crippen molar-refractivity contribution in [2.24, 2.45) is 5.41 Å². The van der Waals surface area contributed by atoms with Gasteiger partial charge in [0.05, 0.1) is 17.5 Å². The SMILES string of the molecule is CC(C)(CC(=O)O)CC(=O)NCC1(O)CCN(c2ccnc3ccncc23)CC1. The molecule has 1 aliphatic heterocycles. The van der Waals surface area contributed by atoms with Gasteiger partial charge in [0.1, 0.15) is 0 Å². The zero-order valence-corrected chi connectivity index (χ0v) is 16.9. The van der Waals surface area contributed by atoms with Crippen molar-refractivity contribution < 1.29 is 19.8 Å². The molecule has 1 saturated heterocycles. The van der Waals surface area contributed by atoms with Crippen LogP contribution in [0.4, 0.5) is 5.69 Å². The number of carboxylic acids is 1. The van der Waals surface area contributed by atoms with Gasteiger partial charge in [0.25, 0.3) is 0 Å². The second kappa shape index (κ2) is 8.32. The van der Waals surface area contributed by atoms with E-state index in [1.54, 1.807) is 32.4 Å². The third-order valence-electron chi connectivity index (χ3n) is 5.44. The molecular formula is C21H28N4O4. The molecule has 0 aromatic carbocycles. The zero-order valence-electron chi connectivity index (χ0n) is 16.9. The number of nitrogens with one attached hydrogen (secondary N) is 1. The summed E-state index contributed by atoms with van der Waals surface area (Å²) in [5.41, 5.74) is 0.335. The Bertz CT molecular complexity index is 886. The van der Waals surface area contributed by atoms with Gasteiger partial charge in [-0.2, -0.15) is 0 Å². The van der Waals surface area contributed by atoms with Gasteiger partial charge >= 0.3 is 5.97 Å². The molecule has 0 spiro atoms. The molecule has 1 fully saturated rings. The first kappa shape index (κ1) is 21.0. The maximum absolute atomic E-state index is 12.2. The van der Waals surface area contributed by atoms with Crippen LogP contribution < -0.4 is 10.2 Å². The van der Waals surface area contributed by atoms with E-state index in [1.807, 2.05) is 12.1 Å². The van der Waals surface area contributed by atoms with Crippen LogP contribution in [0.5, 0.6) is 0 Å². The average Bonchev–Trinajstić information content (AvgIpc) is 2.65. The quantitative estimate of drug-likeness (QED) is 0.651. The minimum absolute atomic E-state index is 0.0750. The predicted molar refractivity (Wildman–Crippen MR) is 110 cm³/mol. The second-order valence-corrected chi connectivity index (χ2v) is 8.62. The van der Waals surface area contributed by atoms with Gasteiger partial charge in [-0.3, -0.25) is 19.6 Å². The number of carboxylic acid groups (broad SMARTS) is 1. The van der Waals surface area contributed by atoms with Gasteiger partial charge in [-0.1, -0.05) is 13.8 Å². The number of aromatic nitrogens is 2. The standard InChI is InChI=1S/C21H28N4O4/c1-20(2,12-19(27)28)11-18(26)24-14-21(29)5-9-25(10-6-21)17-4-8-23-16-3-7-22-13-15(16)17/h3-4,7-8,13,29H,5-6,9-12,14H2,1-2H3,(H,24,26)(H,27,28). The van der Waals surface area contributed by atoms with Crippen LogP contribution in [0.15, 0.2) is 30.7 Å². The van der Waals surface area contributed by atoms with Crippen LogP contribution in [0.25, 0.3) is 10.9 Å². The molecular weight excluding hydrogens is 372 g/mol. The van der Waals surface area contributed by atoms with Gasteiger partial charge in [-0.05, 0) is 30.4 Å². The van der Waals surface area contributed by atoms with Gasteiger partial charge < -0.3 is 20.4 Å². The number of nitrogens with zero attached hydrogens (tertiary/aromatic N) is 3. The summed E-state index contributed by atoms with van der Waals surface area (Å²) in [5, 5.41) is 23.6.